The second-order valence-corrected chi connectivity index (χ2v) is 8.98. The van der Waals surface area contributed by atoms with Gasteiger partial charge in [0.25, 0.3) is 0 Å². The number of hydrogen-bond donors (Lipinski definition) is 0. The first-order chi connectivity index (χ1) is 9.29. The van der Waals surface area contributed by atoms with Crippen LogP contribution in [-0.2, 0) is 9.59 Å². The Morgan fingerprint density at radius 2 is 1.00 bits per heavy atom. The molecule has 1 aliphatic rings. The van der Waals surface area contributed by atoms with Gasteiger partial charge in [0.15, 0.2) is 10.2 Å². The molecule has 0 N–H and O–H groups in total. The monoisotopic (exact) mass is 338 g/mol. The minimum Gasteiger partial charge on any atom is -0.287 e. The maximum absolute atomic E-state index is 11.6. The molecule has 0 spiro atoms. The van der Waals surface area contributed by atoms with E-state index in [9.17, 15) is 9.59 Å². The fourth-order valence-corrected chi connectivity index (χ4v) is 5.60. The Bertz CT molecular complexity index is 245. The van der Waals surface area contributed by atoms with Gasteiger partial charge in [-0.3, -0.25) is 9.59 Å². The third-order valence-electron chi connectivity index (χ3n) is 2.62. The molecule has 19 heavy (non-hydrogen) atoms. The van der Waals surface area contributed by atoms with E-state index in [1.165, 1.54) is 23.5 Å². The number of carbonyl (C=O) groups is 2. The van der Waals surface area contributed by atoms with Crippen LogP contribution in [0.1, 0.15) is 32.1 Å². The molecule has 1 fully saturated rings. The quantitative estimate of drug-likeness (QED) is 0.665. The van der Waals surface area contributed by atoms with Crippen molar-refractivity contribution in [1.82, 2.24) is 0 Å². The molecule has 1 saturated heterocycles. The van der Waals surface area contributed by atoms with Crippen LogP contribution in [0.5, 0.6) is 0 Å². The lowest BCUT2D eigenvalue weighted by atomic mass is 10.2. The van der Waals surface area contributed by atoms with Gasteiger partial charge in [0.1, 0.15) is 0 Å². The van der Waals surface area contributed by atoms with Gasteiger partial charge >= 0.3 is 0 Å². The molecule has 2 nitrogen and oxygen atoms in total. The van der Waals surface area contributed by atoms with E-state index < -0.39 is 0 Å². The average Bonchev–Trinajstić information content (AvgIpc) is 2.39. The van der Waals surface area contributed by atoms with Crippen LogP contribution in [0.15, 0.2) is 0 Å². The van der Waals surface area contributed by atoms with Gasteiger partial charge in [0.05, 0.1) is 0 Å². The van der Waals surface area contributed by atoms with Crippen LogP contribution < -0.4 is 0 Å². The highest BCUT2D eigenvalue weighted by Crippen LogP contribution is 2.17. The predicted octanol–water partition coefficient (Wildman–Crippen LogP) is 3.94. The molecule has 1 heterocycles. The second-order valence-electron chi connectivity index (χ2n) is 4.23. The van der Waals surface area contributed by atoms with E-state index in [4.69, 9.17) is 0 Å². The molecule has 0 aromatic heterocycles. The van der Waals surface area contributed by atoms with E-state index >= 15 is 0 Å². The molecule has 110 valence electrons. The van der Waals surface area contributed by atoms with Crippen molar-refractivity contribution in [3.63, 3.8) is 0 Å². The smallest absolute Gasteiger partial charge is 0.188 e. The normalized spacial score (nSPS) is 22.9. The molecule has 1 rings (SSSR count). The molecule has 0 radical (unpaired) electrons. The largest absolute Gasteiger partial charge is 0.287 e. The third-order valence-corrected chi connectivity index (χ3v) is 7.23. The Kier molecular flexibility index (Phi) is 11.7. The summed E-state index contributed by atoms with van der Waals surface area (Å²) in [6.07, 6.45) is 4.22. The average molecular weight is 339 g/mol. The predicted molar refractivity (Wildman–Crippen MR) is 92.7 cm³/mol. The van der Waals surface area contributed by atoms with Gasteiger partial charge in [-0.05, 0) is 12.8 Å². The minimum absolute atomic E-state index is 0.319. The molecular weight excluding hydrogens is 316 g/mol. The van der Waals surface area contributed by atoms with Gasteiger partial charge in [0, 0.05) is 47.4 Å². The lowest BCUT2D eigenvalue weighted by Crippen LogP contribution is -1.97. The molecule has 0 aliphatic carbocycles. The summed E-state index contributed by atoms with van der Waals surface area (Å²) in [5.74, 6) is 6.34. The van der Waals surface area contributed by atoms with Crippen LogP contribution in [0, 0.1) is 0 Å². The summed E-state index contributed by atoms with van der Waals surface area (Å²) < 4.78 is 0. The maximum Gasteiger partial charge on any atom is 0.188 e. The van der Waals surface area contributed by atoms with Gasteiger partial charge in [-0.1, -0.05) is 29.9 Å². The van der Waals surface area contributed by atoms with Crippen LogP contribution >= 0.6 is 47.0 Å². The molecule has 1 aliphatic heterocycles. The maximum atomic E-state index is 11.6. The van der Waals surface area contributed by atoms with Gasteiger partial charge in [-0.15, -0.1) is 0 Å². The molecular formula is C13H22O2S4. The van der Waals surface area contributed by atoms with Gasteiger partial charge in [-0.2, -0.15) is 23.5 Å². The zero-order valence-electron chi connectivity index (χ0n) is 11.2. The Balaban J connectivity index is 2.21. The zero-order chi connectivity index (χ0) is 13.8. The Labute approximate surface area is 133 Å². The molecule has 0 aromatic rings. The van der Waals surface area contributed by atoms with Crippen LogP contribution in [0.2, 0.25) is 0 Å². The first-order valence-electron chi connectivity index (χ1n) is 6.76. The van der Waals surface area contributed by atoms with Crippen molar-refractivity contribution in [2.75, 3.05) is 34.5 Å². The van der Waals surface area contributed by atoms with Gasteiger partial charge < -0.3 is 0 Å². The highest BCUT2D eigenvalue weighted by Gasteiger charge is 2.06. The fraction of sp³-hybridized carbons (Fsp3) is 0.846. The Hall–Kier alpha value is 0.740. The van der Waals surface area contributed by atoms with Crippen molar-refractivity contribution in [1.29, 1.82) is 0 Å². The summed E-state index contributed by atoms with van der Waals surface area (Å²) >= 11 is 6.81. The van der Waals surface area contributed by atoms with E-state index in [2.05, 4.69) is 0 Å². The van der Waals surface area contributed by atoms with Crippen molar-refractivity contribution in [3.8, 4) is 0 Å². The van der Waals surface area contributed by atoms with E-state index in [-0.39, 0.29) is 0 Å². The second kappa shape index (κ2) is 12.5. The molecule has 0 unspecified atom stereocenters. The van der Waals surface area contributed by atoms with Crippen molar-refractivity contribution in [2.45, 2.75) is 32.1 Å². The number of hydrogen-bond acceptors (Lipinski definition) is 6. The summed E-state index contributed by atoms with van der Waals surface area (Å²) in [6, 6.07) is 0. The number of rotatable bonds is 0. The highest BCUT2D eigenvalue weighted by molar-refractivity contribution is 8.14. The fourth-order valence-electron chi connectivity index (χ4n) is 1.61. The summed E-state index contributed by atoms with van der Waals surface area (Å²) in [6.45, 7) is 0. The molecule has 0 amide bonds. The topological polar surface area (TPSA) is 34.1 Å². The van der Waals surface area contributed by atoms with Gasteiger partial charge in [-0.25, -0.2) is 0 Å². The molecule has 0 bridgehead atoms. The SMILES string of the molecule is O=C1CCCCCC(=O)SCCSCCSCCS1. The number of thioether (sulfide) groups is 4. The van der Waals surface area contributed by atoms with Crippen molar-refractivity contribution >= 4 is 57.3 Å². The lowest BCUT2D eigenvalue weighted by molar-refractivity contribution is -0.111. The Morgan fingerprint density at radius 3 is 1.47 bits per heavy atom. The molecule has 0 saturated carbocycles. The summed E-state index contributed by atoms with van der Waals surface area (Å²) in [4.78, 5) is 23.1. The van der Waals surface area contributed by atoms with E-state index in [0.29, 0.717) is 23.1 Å². The van der Waals surface area contributed by atoms with Crippen LogP contribution in [0.25, 0.3) is 0 Å². The molecule has 6 heteroatoms. The summed E-state index contributed by atoms with van der Waals surface area (Å²) in [5.41, 5.74) is 0. The first-order valence-corrected chi connectivity index (χ1v) is 11.0. The van der Waals surface area contributed by atoms with E-state index in [0.717, 1.165) is 53.8 Å². The molecule has 0 atom stereocenters. The summed E-state index contributed by atoms with van der Waals surface area (Å²) in [5, 5.41) is 0.639. The number of carbonyl (C=O) groups excluding carboxylic acids is 2. The van der Waals surface area contributed by atoms with E-state index in [1.54, 1.807) is 0 Å². The van der Waals surface area contributed by atoms with E-state index in [1.807, 2.05) is 23.5 Å². The molecule has 0 aromatic carbocycles. The highest BCUT2D eigenvalue weighted by atomic mass is 32.2. The van der Waals surface area contributed by atoms with Crippen LogP contribution in [-0.4, -0.2) is 44.7 Å². The van der Waals surface area contributed by atoms with Crippen molar-refractivity contribution in [2.24, 2.45) is 0 Å². The zero-order valence-corrected chi connectivity index (χ0v) is 14.5. The Morgan fingerprint density at radius 1 is 0.579 bits per heavy atom. The standard InChI is InChI=1S/C13H22O2S4/c14-12-4-2-1-3-5-13(15)19-11-9-17-7-6-16-8-10-18-12/h1-11H2. The van der Waals surface area contributed by atoms with Crippen molar-refractivity contribution in [3.05, 3.63) is 0 Å². The lowest BCUT2D eigenvalue weighted by Gasteiger charge is -2.01. The third kappa shape index (κ3) is 11.1. The minimum atomic E-state index is 0.319. The van der Waals surface area contributed by atoms with Crippen LogP contribution in [0.3, 0.4) is 0 Å². The summed E-state index contributed by atoms with van der Waals surface area (Å²) in [7, 11) is 0. The van der Waals surface area contributed by atoms with Gasteiger partial charge in [0.2, 0.25) is 0 Å². The van der Waals surface area contributed by atoms with Crippen LogP contribution in [0.4, 0.5) is 0 Å². The first kappa shape index (κ1) is 17.8. The van der Waals surface area contributed by atoms with Crippen molar-refractivity contribution < 1.29 is 9.59 Å².